The van der Waals surface area contributed by atoms with Gasteiger partial charge in [0, 0.05) is 18.8 Å². The number of rotatable bonds is 5. The standard InChI is InChI=1S/C20H25N3O/c1-23(17-6-2-3-7-17)19-9-5-4-8-18(19)22-20(24)14-15-10-12-16(21)13-11-15/h4-5,8-13,17H,2-3,6-7,14,21H2,1H3,(H,22,24). The number of carbonyl (C=O) groups excluding carboxylic acids is 1. The second-order valence-electron chi connectivity index (χ2n) is 6.53. The number of para-hydroxylation sites is 2. The van der Waals surface area contributed by atoms with Crippen LogP contribution in [0.2, 0.25) is 0 Å². The summed E-state index contributed by atoms with van der Waals surface area (Å²) in [6.45, 7) is 0. The van der Waals surface area contributed by atoms with Crippen LogP contribution in [0.3, 0.4) is 0 Å². The molecule has 0 heterocycles. The molecule has 126 valence electrons. The molecule has 0 unspecified atom stereocenters. The van der Waals surface area contributed by atoms with E-state index in [-0.39, 0.29) is 5.91 Å². The Hall–Kier alpha value is -2.49. The number of benzene rings is 2. The second kappa shape index (κ2) is 7.39. The maximum absolute atomic E-state index is 12.4. The van der Waals surface area contributed by atoms with Gasteiger partial charge in [-0.05, 0) is 42.7 Å². The first-order valence-electron chi connectivity index (χ1n) is 8.59. The van der Waals surface area contributed by atoms with Crippen LogP contribution >= 0.6 is 0 Å². The quantitative estimate of drug-likeness (QED) is 0.822. The van der Waals surface area contributed by atoms with Crippen molar-refractivity contribution in [3.8, 4) is 0 Å². The molecule has 4 heteroatoms. The molecule has 0 atom stereocenters. The van der Waals surface area contributed by atoms with Gasteiger partial charge in [0.2, 0.25) is 5.91 Å². The molecule has 3 N–H and O–H groups in total. The third kappa shape index (κ3) is 3.88. The summed E-state index contributed by atoms with van der Waals surface area (Å²) in [5, 5.41) is 3.07. The van der Waals surface area contributed by atoms with Crippen LogP contribution in [0.1, 0.15) is 31.2 Å². The van der Waals surface area contributed by atoms with E-state index in [0.717, 1.165) is 16.9 Å². The van der Waals surface area contributed by atoms with Gasteiger partial charge in [0.05, 0.1) is 17.8 Å². The van der Waals surface area contributed by atoms with Gasteiger partial charge in [-0.25, -0.2) is 0 Å². The molecule has 0 radical (unpaired) electrons. The SMILES string of the molecule is CN(c1ccccc1NC(=O)Cc1ccc(N)cc1)C1CCCC1. The van der Waals surface area contributed by atoms with Crippen LogP contribution in [-0.4, -0.2) is 19.0 Å². The van der Waals surface area contributed by atoms with Gasteiger partial charge >= 0.3 is 0 Å². The first kappa shape index (κ1) is 16.4. The molecule has 24 heavy (non-hydrogen) atoms. The molecular weight excluding hydrogens is 298 g/mol. The van der Waals surface area contributed by atoms with Crippen LogP contribution in [-0.2, 0) is 11.2 Å². The predicted octanol–water partition coefficient (Wildman–Crippen LogP) is 3.83. The third-order valence-electron chi connectivity index (χ3n) is 4.77. The molecule has 0 aliphatic heterocycles. The van der Waals surface area contributed by atoms with E-state index in [1.54, 1.807) is 0 Å². The summed E-state index contributed by atoms with van der Waals surface area (Å²) in [5.74, 6) is -0.00737. The normalized spacial score (nSPS) is 14.5. The molecule has 1 amide bonds. The summed E-state index contributed by atoms with van der Waals surface area (Å²) >= 11 is 0. The van der Waals surface area contributed by atoms with Gasteiger partial charge < -0.3 is 16.0 Å². The Balaban J connectivity index is 1.70. The molecule has 2 aromatic carbocycles. The predicted molar refractivity (Wildman–Crippen MR) is 100 cm³/mol. The topological polar surface area (TPSA) is 58.4 Å². The lowest BCUT2D eigenvalue weighted by molar-refractivity contribution is -0.115. The Morgan fingerprint density at radius 3 is 2.50 bits per heavy atom. The molecule has 0 spiro atoms. The lowest BCUT2D eigenvalue weighted by atomic mass is 10.1. The summed E-state index contributed by atoms with van der Waals surface area (Å²) < 4.78 is 0. The van der Waals surface area contributed by atoms with Crippen molar-refractivity contribution in [1.82, 2.24) is 0 Å². The fourth-order valence-electron chi connectivity index (χ4n) is 3.39. The van der Waals surface area contributed by atoms with Gasteiger partial charge in [0.1, 0.15) is 0 Å². The van der Waals surface area contributed by atoms with Crippen LogP contribution in [0.25, 0.3) is 0 Å². The minimum absolute atomic E-state index is 0.00737. The highest BCUT2D eigenvalue weighted by Crippen LogP contribution is 2.31. The molecule has 0 saturated heterocycles. The molecular formula is C20H25N3O. The molecule has 1 saturated carbocycles. The van der Waals surface area contributed by atoms with E-state index < -0.39 is 0 Å². The average Bonchev–Trinajstić information content (AvgIpc) is 3.11. The summed E-state index contributed by atoms with van der Waals surface area (Å²) in [5.41, 5.74) is 9.33. The van der Waals surface area contributed by atoms with E-state index >= 15 is 0 Å². The van der Waals surface area contributed by atoms with Crippen LogP contribution in [0.15, 0.2) is 48.5 Å². The number of nitrogen functional groups attached to an aromatic ring is 1. The van der Waals surface area contributed by atoms with Gasteiger partial charge in [-0.3, -0.25) is 4.79 Å². The zero-order valence-electron chi connectivity index (χ0n) is 14.2. The minimum atomic E-state index is -0.00737. The van der Waals surface area contributed by atoms with Gasteiger partial charge in [0.15, 0.2) is 0 Å². The lowest BCUT2D eigenvalue weighted by Crippen LogP contribution is -2.30. The maximum atomic E-state index is 12.4. The summed E-state index contributed by atoms with van der Waals surface area (Å²) in [4.78, 5) is 14.7. The molecule has 1 aliphatic carbocycles. The molecule has 4 nitrogen and oxygen atoms in total. The number of amides is 1. The van der Waals surface area contributed by atoms with Crippen molar-refractivity contribution in [2.45, 2.75) is 38.1 Å². The largest absolute Gasteiger partial charge is 0.399 e. The summed E-state index contributed by atoms with van der Waals surface area (Å²) in [6, 6.07) is 16.0. The summed E-state index contributed by atoms with van der Waals surface area (Å²) in [6.07, 6.45) is 5.39. The molecule has 0 aromatic heterocycles. The molecule has 1 fully saturated rings. The van der Waals surface area contributed by atoms with Gasteiger partial charge in [-0.2, -0.15) is 0 Å². The fraction of sp³-hybridized carbons (Fsp3) is 0.350. The van der Waals surface area contributed by atoms with Crippen LogP contribution in [0.5, 0.6) is 0 Å². The maximum Gasteiger partial charge on any atom is 0.228 e. The van der Waals surface area contributed by atoms with Gasteiger partial charge in [0.25, 0.3) is 0 Å². The number of hydrogen-bond acceptors (Lipinski definition) is 3. The fourth-order valence-corrected chi connectivity index (χ4v) is 3.39. The third-order valence-corrected chi connectivity index (χ3v) is 4.77. The van der Waals surface area contributed by atoms with Crippen molar-refractivity contribution in [2.75, 3.05) is 23.0 Å². The van der Waals surface area contributed by atoms with E-state index in [0.29, 0.717) is 18.2 Å². The Morgan fingerprint density at radius 2 is 1.79 bits per heavy atom. The van der Waals surface area contributed by atoms with E-state index in [2.05, 4.69) is 23.3 Å². The lowest BCUT2D eigenvalue weighted by Gasteiger charge is -2.28. The first-order valence-corrected chi connectivity index (χ1v) is 8.59. The average molecular weight is 323 g/mol. The van der Waals surface area contributed by atoms with E-state index in [1.807, 2.05) is 42.5 Å². The molecule has 2 aromatic rings. The minimum Gasteiger partial charge on any atom is -0.399 e. The summed E-state index contributed by atoms with van der Waals surface area (Å²) in [7, 11) is 2.13. The Kier molecular flexibility index (Phi) is 5.04. The highest BCUT2D eigenvalue weighted by molar-refractivity contribution is 5.95. The van der Waals surface area contributed by atoms with Crippen molar-refractivity contribution in [2.24, 2.45) is 0 Å². The Labute approximate surface area is 143 Å². The van der Waals surface area contributed by atoms with Crippen LogP contribution < -0.4 is 16.0 Å². The second-order valence-corrected chi connectivity index (χ2v) is 6.53. The monoisotopic (exact) mass is 323 g/mol. The van der Waals surface area contributed by atoms with Gasteiger partial charge in [-0.15, -0.1) is 0 Å². The van der Waals surface area contributed by atoms with Crippen molar-refractivity contribution in [3.63, 3.8) is 0 Å². The number of nitrogens with two attached hydrogens (primary N) is 1. The zero-order valence-corrected chi connectivity index (χ0v) is 14.2. The molecule has 3 rings (SSSR count). The Bertz CT molecular complexity index is 690. The number of nitrogens with zero attached hydrogens (tertiary/aromatic N) is 1. The van der Waals surface area contributed by atoms with Crippen molar-refractivity contribution in [3.05, 3.63) is 54.1 Å². The molecule has 1 aliphatic rings. The number of nitrogens with one attached hydrogen (secondary N) is 1. The van der Waals surface area contributed by atoms with E-state index in [9.17, 15) is 4.79 Å². The van der Waals surface area contributed by atoms with Crippen LogP contribution in [0.4, 0.5) is 17.1 Å². The highest BCUT2D eigenvalue weighted by atomic mass is 16.1. The number of carbonyl (C=O) groups is 1. The number of hydrogen-bond donors (Lipinski definition) is 2. The van der Waals surface area contributed by atoms with E-state index in [1.165, 1.54) is 25.7 Å². The van der Waals surface area contributed by atoms with Crippen LogP contribution in [0, 0.1) is 0 Å². The molecule has 0 bridgehead atoms. The smallest absolute Gasteiger partial charge is 0.228 e. The number of anilines is 3. The van der Waals surface area contributed by atoms with Crippen molar-refractivity contribution < 1.29 is 4.79 Å². The van der Waals surface area contributed by atoms with Gasteiger partial charge in [-0.1, -0.05) is 37.1 Å². The Morgan fingerprint density at radius 1 is 1.12 bits per heavy atom. The van der Waals surface area contributed by atoms with Crippen molar-refractivity contribution in [1.29, 1.82) is 0 Å². The highest BCUT2D eigenvalue weighted by Gasteiger charge is 2.21. The zero-order chi connectivity index (χ0) is 16.9. The van der Waals surface area contributed by atoms with Crippen molar-refractivity contribution >= 4 is 23.0 Å². The van der Waals surface area contributed by atoms with E-state index in [4.69, 9.17) is 5.73 Å². The first-order chi connectivity index (χ1) is 11.6.